The molecule has 0 fully saturated rings. The van der Waals surface area contributed by atoms with Gasteiger partial charge in [-0.2, -0.15) is 5.10 Å². The van der Waals surface area contributed by atoms with E-state index in [4.69, 9.17) is 0 Å². The van der Waals surface area contributed by atoms with Crippen molar-refractivity contribution in [3.05, 3.63) is 79.5 Å². The molecule has 6 heteroatoms. The summed E-state index contributed by atoms with van der Waals surface area (Å²) in [5.74, 6) is 0.530. The summed E-state index contributed by atoms with van der Waals surface area (Å²) in [5, 5.41) is 7.25. The van der Waals surface area contributed by atoms with Gasteiger partial charge in [-0.15, -0.1) is 0 Å². The van der Waals surface area contributed by atoms with Gasteiger partial charge in [0.2, 0.25) is 0 Å². The van der Waals surface area contributed by atoms with Gasteiger partial charge < -0.3 is 5.32 Å². The van der Waals surface area contributed by atoms with E-state index in [1.165, 1.54) is 5.56 Å². The zero-order valence-electron chi connectivity index (χ0n) is 13.0. The van der Waals surface area contributed by atoms with Gasteiger partial charge in [-0.3, -0.25) is 4.79 Å². The lowest BCUT2D eigenvalue weighted by Crippen LogP contribution is -2.17. The average Bonchev–Trinajstić information content (AvgIpc) is 2.98. The van der Waals surface area contributed by atoms with Crippen molar-refractivity contribution in [1.29, 1.82) is 0 Å². The SMILES string of the molecule is Cc1ccc(Cn2nccc2NC(=O)c2cc(Br)ccc2I)cc1. The van der Waals surface area contributed by atoms with Crippen LogP contribution in [0, 0.1) is 10.5 Å². The fraction of sp³-hybridized carbons (Fsp3) is 0.111. The van der Waals surface area contributed by atoms with Crippen molar-refractivity contribution >= 4 is 50.2 Å². The molecule has 0 atom stereocenters. The number of halogens is 2. The summed E-state index contributed by atoms with van der Waals surface area (Å²) >= 11 is 5.57. The van der Waals surface area contributed by atoms with Crippen LogP contribution in [0.5, 0.6) is 0 Å². The molecule has 3 rings (SSSR count). The topological polar surface area (TPSA) is 46.9 Å². The van der Waals surface area contributed by atoms with E-state index < -0.39 is 0 Å². The number of benzene rings is 2. The first-order chi connectivity index (χ1) is 11.5. The molecule has 1 N–H and O–H groups in total. The second-order valence-electron chi connectivity index (χ2n) is 5.44. The molecule has 0 unspecified atom stereocenters. The van der Waals surface area contributed by atoms with E-state index in [-0.39, 0.29) is 5.91 Å². The number of carbonyl (C=O) groups excluding carboxylic acids is 1. The first-order valence-electron chi connectivity index (χ1n) is 7.37. The molecule has 0 aliphatic rings. The molecule has 1 amide bonds. The van der Waals surface area contributed by atoms with Crippen LogP contribution >= 0.6 is 38.5 Å². The zero-order chi connectivity index (χ0) is 17.1. The lowest BCUT2D eigenvalue weighted by atomic mass is 10.1. The van der Waals surface area contributed by atoms with E-state index in [0.717, 1.165) is 13.6 Å². The van der Waals surface area contributed by atoms with Gasteiger partial charge >= 0.3 is 0 Å². The van der Waals surface area contributed by atoms with Crippen molar-refractivity contribution in [2.75, 3.05) is 5.32 Å². The molecule has 0 saturated carbocycles. The maximum Gasteiger partial charge on any atom is 0.257 e. The van der Waals surface area contributed by atoms with Crippen molar-refractivity contribution in [2.24, 2.45) is 0 Å². The molecule has 0 aliphatic heterocycles. The zero-order valence-corrected chi connectivity index (χ0v) is 16.7. The van der Waals surface area contributed by atoms with Crippen LogP contribution in [-0.4, -0.2) is 15.7 Å². The number of rotatable bonds is 4. The van der Waals surface area contributed by atoms with E-state index in [2.05, 4.69) is 80.1 Å². The van der Waals surface area contributed by atoms with Crippen LogP contribution in [0.4, 0.5) is 5.82 Å². The Morgan fingerprint density at radius 2 is 1.96 bits per heavy atom. The van der Waals surface area contributed by atoms with E-state index in [1.807, 2.05) is 18.2 Å². The molecule has 24 heavy (non-hydrogen) atoms. The third-order valence-corrected chi connectivity index (χ3v) is 5.02. The minimum Gasteiger partial charge on any atom is -0.307 e. The van der Waals surface area contributed by atoms with Crippen LogP contribution in [0.15, 0.2) is 59.2 Å². The Kier molecular flexibility index (Phi) is 5.35. The largest absolute Gasteiger partial charge is 0.307 e. The van der Waals surface area contributed by atoms with Gasteiger partial charge in [-0.25, -0.2) is 4.68 Å². The van der Waals surface area contributed by atoms with E-state index in [0.29, 0.717) is 17.9 Å². The Balaban J connectivity index is 1.79. The molecule has 122 valence electrons. The van der Waals surface area contributed by atoms with Gasteiger partial charge in [-0.1, -0.05) is 45.8 Å². The number of anilines is 1. The van der Waals surface area contributed by atoms with Crippen molar-refractivity contribution in [3.8, 4) is 0 Å². The van der Waals surface area contributed by atoms with E-state index >= 15 is 0 Å². The second-order valence-corrected chi connectivity index (χ2v) is 7.52. The fourth-order valence-corrected chi connectivity index (χ4v) is 3.23. The molecule has 0 bridgehead atoms. The summed E-state index contributed by atoms with van der Waals surface area (Å²) in [6, 6.07) is 15.7. The van der Waals surface area contributed by atoms with Gasteiger partial charge in [-0.05, 0) is 53.3 Å². The number of hydrogen-bond donors (Lipinski definition) is 1. The van der Waals surface area contributed by atoms with Crippen LogP contribution in [-0.2, 0) is 6.54 Å². The first kappa shape index (κ1) is 17.2. The smallest absolute Gasteiger partial charge is 0.257 e. The fourth-order valence-electron chi connectivity index (χ4n) is 2.29. The molecule has 3 aromatic rings. The Hall–Kier alpha value is -1.67. The summed E-state index contributed by atoms with van der Waals surface area (Å²) in [4.78, 5) is 12.6. The third-order valence-electron chi connectivity index (χ3n) is 3.58. The number of aromatic nitrogens is 2. The number of hydrogen-bond acceptors (Lipinski definition) is 2. The molecular weight excluding hydrogens is 481 g/mol. The Morgan fingerprint density at radius 3 is 2.71 bits per heavy atom. The van der Waals surface area contributed by atoms with Gasteiger partial charge in [0.15, 0.2) is 0 Å². The highest BCUT2D eigenvalue weighted by Gasteiger charge is 2.13. The predicted molar refractivity (Wildman–Crippen MR) is 107 cm³/mol. The summed E-state index contributed by atoms with van der Waals surface area (Å²) in [7, 11) is 0. The Bertz CT molecular complexity index is 874. The summed E-state index contributed by atoms with van der Waals surface area (Å²) < 4.78 is 3.56. The monoisotopic (exact) mass is 495 g/mol. The van der Waals surface area contributed by atoms with Crippen LogP contribution < -0.4 is 5.32 Å². The van der Waals surface area contributed by atoms with Gasteiger partial charge in [0.1, 0.15) is 5.82 Å². The summed E-state index contributed by atoms with van der Waals surface area (Å²) in [6.45, 7) is 2.67. The van der Waals surface area contributed by atoms with Crippen LogP contribution in [0.3, 0.4) is 0 Å². The highest BCUT2D eigenvalue weighted by Crippen LogP contribution is 2.20. The average molecular weight is 496 g/mol. The standard InChI is InChI=1S/C18H15BrIN3O/c1-12-2-4-13(5-3-12)11-23-17(8-9-21-23)22-18(24)15-10-14(19)6-7-16(15)20/h2-10H,11H2,1H3,(H,22,24). The highest BCUT2D eigenvalue weighted by molar-refractivity contribution is 14.1. The number of nitrogens with one attached hydrogen (secondary N) is 1. The third kappa shape index (κ3) is 4.05. The van der Waals surface area contributed by atoms with Crippen LogP contribution in [0.2, 0.25) is 0 Å². The molecule has 1 aromatic heterocycles. The Labute approximate surface area is 162 Å². The molecule has 1 heterocycles. The lowest BCUT2D eigenvalue weighted by molar-refractivity contribution is 0.102. The van der Waals surface area contributed by atoms with Crippen molar-refractivity contribution in [2.45, 2.75) is 13.5 Å². The predicted octanol–water partition coefficient (Wildman–Crippen LogP) is 4.86. The Morgan fingerprint density at radius 1 is 1.21 bits per heavy atom. The molecule has 2 aromatic carbocycles. The first-order valence-corrected chi connectivity index (χ1v) is 9.24. The molecule has 4 nitrogen and oxygen atoms in total. The van der Waals surface area contributed by atoms with Crippen molar-refractivity contribution in [1.82, 2.24) is 9.78 Å². The van der Waals surface area contributed by atoms with E-state index in [1.54, 1.807) is 16.9 Å². The van der Waals surface area contributed by atoms with Gasteiger partial charge in [0, 0.05) is 14.1 Å². The van der Waals surface area contributed by atoms with Crippen molar-refractivity contribution in [3.63, 3.8) is 0 Å². The minimum absolute atomic E-state index is 0.147. The maximum absolute atomic E-state index is 12.6. The molecule has 0 aliphatic carbocycles. The molecule has 0 spiro atoms. The number of aryl methyl sites for hydroxylation is 1. The number of nitrogens with zero attached hydrogens (tertiary/aromatic N) is 2. The summed E-state index contributed by atoms with van der Waals surface area (Å²) in [6.07, 6.45) is 1.69. The summed E-state index contributed by atoms with van der Waals surface area (Å²) in [5.41, 5.74) is 2.99. The molecule has 0 radical (unpaired) electrons. The maximum atomic E-state index is 12.6. The quantitative estimate of drug-likeness (QED) is 0.525. The molecule has 0 saturated heterocycles. The van der Waals surface area contributed by atoms with Crippen LogP contribution in [0.1, 0.15) is 21.5 Å². The van der Waals surface area contributed by atoms with Crippen LogP contribution in [0.25, 0.3) is 0 Å². The second kappa shape index (κ2) is 7.48. The van der Waals surface area contributed by atoms with Crippen molar-refractivity contribution < 1.29 is 4.79 Å². The lowest BCUT2D eigenvalue weighted by Gasteiger charge is -2.10. The highest BCUT2D eigenvalue weighted by atomic mass is 127. The minimum atomic E-state index is -0.147. The molecular formula is C18H15BrIN3O. The number of amides is 1. The van der Waals surface area contributed by atoms with Gasteiger partial charge in [0.05, 0.1) is 18.3 Å². The normalized spacial score (nSPS) is 10.6. The van der Waals surface area contributed by atoms with E-state index in [9.17, 15) is 4.79 Å². The number of carbonyl (C=O) groups is 1. The van der Waals surface area contributed by atoms with Gasteiger partial charge in [0.25, 0.3) is 5.91 Å².